The van der Waals surface area contributed by atoms with Crippen LogP contribution in [-0.2, 0) is 6.54 Å². The summed E-state index contributed by atoms with van der Waals surface area (Å²) in [5.74, 6) is 0.416. The molecule has 2 aromatic rings. The summed E-state index contributed by atoms with van der Waals surface area (Å²) in [6.07, 6.45) is 3.24. The lowest BCUT2D eigenvalue weighted by Crippen LogP contribution is -2.21. The van der Waals surface area contributed by atoms with Crippen molar-refractivity contribution in [3.8, 4) is 0 Å². The molecule has 0 aliphatic carbocycles. The van der Waals surface area contributed by atoms with E-state index in [1.165, 1.54) is 12.1 Å². The molecule has 102 valence electrons. The molecule has 0 aliphatic heterocycles. The second-order valence-electron chi connectivity index (χ2n) is 4.46. The fourth-order valence-corrected chi connectivity index (χ4v) is 1.96. The summed E-state index contributed by atoms with van der Waals surface area (Å²) in [6, 6.07) is 6.80. The highest BCUT2D eigenvalue weighted by molar-refractivity contribution is 5.19. The molecule has 0 amide bonds. The number of rotatable bonds is 7. The number of benzene rings is 1. The third-order valence-corrected chi connectivity index (χ3v) is 3.01. The third kappa shape index (κ3) is 4.10. The minimum Gasteiger partial charge on any atom is -0.303 e. The highest BCUT2D eigenvalue weighted by atomic mass is 19.1. The van der Waals surface area contributed by atoms with Crippen molar-refractivity contribution in [2.75, 3.05) is 0 Å². The van der Waals surface area contributed by atoms with E-state index in [2.05, 4.69) is 32.9 Å². The zero-order chi connectivity index (χ0) is 13.5. The number of nitrogens with zero attached hydrogens (tertiary/aromatic N) is 3. The Balaban J connectivity index is 2.00. The van der Waals surface area contributed by atoms with E-state index < -0.39 is 0 Å². The van der Waals surface area contributed by atoms with Gasteiger partial charge in [0.2, 0.25) is 0 Å². The van der Waals surface area contributed by atoms with Crippen molar-refractivity contribution in [2.24, 2.45) is 0 Å². The number of halogens is 1. The maximum absolute atomic E-state index is 13.0. The Kier molecular flexibility index (Phi) is 4.97. The van der Waals surface area contributed by atoms with Gasteiger partial charge >= 0.3 is 0 Å². The van der Waals surface area contributed by atoms with E-state index in [1.54, 1.807) is 0 Å². The molecule has 19 heavy (non-hydrogen) atoms. The summed E-state index contributed by atoms with van der Waals surface area (Å²) in [6.45, 7) is 2.70. The summed E-state index contributed by atoms with van der Waals surface area (Å²) >= 11 is 0. The smallest absolute Gasteiger partial charge is 0.188 e. The van der Waals surface area contributed by atoms with Gasteiger partial charge in [-0.2, -0.15) is 5.21 Å². The molecule has 2 N–H and O–H groups in total. The molecule has 5 nitrogen and oxygen atoms in total. The Bertz CT molecular complexity index is 468. The predicted octanol–water partition coefficient (Wildman–Crippen LogP) is 2.36. The van der Waals surface area contributed by atoms with Crippen LogP contribution in [0.5, 0.6) is 0 Å². The zero-order valence-corrected chi connectivity index (χ0v) is 10.9. The van der Waals surface area contributed by atoms with Gasteiger partial charge in [0.05, 0.1) is 6.54 Å². The standard InChI is InChI=1S/C13H18FN5/c1-2-3-4-12(10-5-7-11(14)8-6-10)15-9-13-16-18-19-17-13/h5-8,12,15H,2-4,9H2,1H3,(H,16,17,18,19). The quantitative estimate of drug-likeness (QED) is 0.804. The SMILES string of the molecule is CCCCC(NCc1nn[nH]n1)c1ccc(F)cc1. The monoisotopic (exact) mass is 263 g/mol. The van der Waals surface area contributed by atoms with Crippen molar-refractivity contribution in [3.63, 3.8) is 0 Å². The number of H-pyrrole nitrogens is 1. The first-order valence-corrected chi connectivity index (χ1v) is 6.50. The molecule has 1 aromatic carbocycles. The molecule has 0 radical (unpaired) electrons. The van der Waals surface area contributed by atoms with Crippen LogP contribution < -0.4 is 5.32 Å². The van der Waals surface area contributed by atoms with Gasteiger partial charge in [-0.15, -0.1) is 10.2 Å². The lowest BCUT2D eigenvalue weighted by Gasteiger charge is -2.18. The van der Waals surface area contributed by atoms with E-state index in [-0.39, 0.29) is 11.9 Å². The molecule has 2 rings (SSSR count). The molecule has 0 spiro atoms. The van der Waals surface area contributed by atoms with Gasteiger partial charge in [-0.3, -0.25) is 0 Å². The summed E-state index contributed by atoms with van der Waals surface area (Å²) in [5.41, 5.74) is 1.08. The largest absolute Gasteiger partial charge is 0.303 e. The second kappa shape index (κ2) is 6.94. The number of hydrogen-bond donors (Lipinski definition) is 2. The van der Waals surface area contributed by atoms with Crippen molar-refractivity contribution >= 4 is 0 Å². The molecule has 6 heteroatoms. The first kappa shape index (κ1) is 13.6. The predicted molar refractivity (Wildman–Crippen MR) is 69.7 cm³/mol. The van der Waals surface area contributed by atoms with E-state index in [9.17, 15) is 4.39 Å². The minimum atomic E-state index is -0.212. The number of tetrazole rings is 1. The van der Waals surface area contributed by atoms with E-state index in [0.717, 1.165) is 24.8 Å². The Morgan fingerprint density at radius 1 is 1.32 bits per heavy atom. The van der Waals surface area contributed by atoms with Crippen molar-refractivity contribution in [1.29, 1.82) is 0 Å². The van der Waals surface area contributed by atoms with Crippen LogP contribution in [0, 0.1) is 5.82 Å². The minimum absolute atomic E-state index is 0.180. The fraction of sp³-hybridized carbons (Fsp3) is 0.462. The number of aromatic nitrogens is 4. The molecule has 1 atom stereocenters. The summed E-state index contributed by atoms with van der Waals surface area (Å²) < 4.78 is 13.0. The zero-order valence-electron chi connectivity index (χ0n) is 10.9. The topological polar surface area (TPSA) is 66.5 Å². The third-order valence-electron chi connectivity index (χ3n) is 3.01. The maximum Gasteiger partial charge on any atom is 0.188 e. The van der Waals surface area contributed by atoms with Gasteiger partial charge in [0, 0.05) is 6.04 Å². The first-order valence-electron chi connectivity index (χ1n) is 6.50. The van der Waals surface area contributed by atoms with Gasteiger partial charge in [0.25, 0.3) is 0 Å². The number of nitrogens with one attached hydrogen (secondary N) is 2. The number of hydrogen-bond acceptors (Lipinski definition) is 4. The van der Waals surface area contributed by atoms with Gasteiger partial charge in [-0.25, -0.2) is 4.39 Å². The van der Waals surface area contributed by atoms with Crippen LogP contribution in [-0.4, -0.2) is 20.6 Å². The number of aromatic amines is 1. The van der Waals surface area contributed by atoms with Gasteiger partial charge in [-0.05, 0) is 24.1 Å². The number of unbranched alkanes of at least 4 members (excludes halogenated alkanes) is 1. The lowest BCUT2D eigenvalue weighted by atomic mass is 10.0. The molecule has 1 heterocycles. The fourth-order valence-electron chi connectivity index (χ4n) is 1.96. The maximum atomic E-state index is 13.0. The molecule has 1 unspecified atom stereocenters. The molecule has 1 aromatic heterocycles. The van der Waals surface area contributed by atoms with Crippen LogP contribution in [0.3, 0.4) is 0 Å². The average Bonchev–Trinajstić information content (AvgIpc) is 2.93. The van der Waals surface area contributed by atoms with Crippen LogP contribution in [0.4, 0.5) is 4.39 Å². The summed E-state index contributed by atoms with van der Waals surface area (Å²) in [5, 5.41) is 17.1. The second-order valence-corrected chi connectivity index (χ2v) is 4.46. The van der Waals surface area contributed by atoms with E-state index >= 15 is 0 Å². The van der Waals surface area contributed by atoms with Crippen LogP contribution in [0.2, 0.25) is 0 Å². The van der Waals surface area contributed by atoms with Crippen LogP contribution in [0.15, 0.2) is 24.3 Å². The molecule has 0 aliphatic rings. The van der Waals surface area contributed by atoms with Gasteiger partial charge < -0.3 is 5.32 Å². The van der Waals surface area contributed by atoms with Crippen LogP contribution >= 0.6 is 0 Å². The Hall–Kier alpha value is -1.82. The summed E-state index contributed by atoms with van der Waals surface area (Å²) in [4.78, 5) is 0. The van der Waals surface area contributed by atoms with Crippen LogP contribution in [0.25, 0.3) is 0 Å². The Morgan fingerprint density at radius 2 is 2.11 bits per heavy atom. The van der Waals surface area contributed by atoms with E-state index in [1.807, 2.05) is 12.1 Å². The van der Waals surface area contributed by atoms with Gasteiger partial charge in [-0.1, -0.05) is 37.1 Å². The van der Waals surface area contributed by atoms with Crippen LogP contribution in [0.1, 0.15) is 43.6 Å². The van der Waals surface area contributed by atoms with Crippen molar-refractivity contribution in [1.82, 2.24) is 25.9 Å². The molecular weight excluding hydrogens is 245 g/mol. The highest BCUT2D eigenvalue weighted by Crippen LogP contribution is 2.20. The molecule has 0 saturated heterocycles. The van der Waals surface area contributed by atoms with E-state index in [0.29, 0.717) is 12.4 Å². The van der Waals surface area contributed by atoms with Gasteiger partial charge in [0.15, 0.2) is 5.82 Å². The lowest BCUT2D eigenvalue weighted by molar-refractivity contribution is 0.472. The van der Waals surface area contributed by atoms with Crippen molar-refractivity contribution < 1.29 is 4.39 Å². The summed E-state index contributed by atoms with van der Waals surface area (Å²) in [7, 11) is 0. The van der Waals surface area contributed by atoms with Gasteiger partial charge in [0.1, 0.15) is 5.82 Å². The molecule has 0 bridgehead atoms. The highest BCUT2D eigenvalue weighted by Gasteiger charge is 2.11. The Labute approximate surface area is 111 Å². The molecule has 0 fully saturated rings. The van der Waals surface area contributed by atoms with Crippen molar-refractivity contribution in [2.45, 2.75) is 38.8 Å². The normalized spacial score (nSPS) is 12.5. The molecule has 0 saturated carbocycles. The first-order chi connectivity index (χ1) is 9.29. The van der Waals surface area contributed by atoms with E-state index in [4.69, 9.17) is 0 Å². The van der Waals surface area contributed by atoms with Crippen molar-refractivity contribution in [3.05, 3.63) is 41.5 Å². The molecular formula is C13H18FN5. The average molecular weight is 263 g/mol. The Morgan fingerprint density at radius 3 is 2.74 bits per heavy atom.